The predicted octanol–water partition coefficient (Wildman–Crippen LogP) is -1.18. The van der Waals surface area contributed by atoms with Crippen LogP contribution in [0.5, 0.6) is 0 Å². The molecule has 4 rings (SSSR count). The number of carbonyl (C=O) groups excluding carboxylic acids is 7. The van der Waals surface area contributed by atoms with Crippen LogP contribution in [0.3, 0.4) is 0 Å². The summed E-state index contributed by atoms with van der Waals surface area (Å²) >= 11 is 0. The van der Waals surface area contributed by atoms with E-state index in [0.29, 0.717) is 43.4 Å². The largest absolute Gasteiger partial charge is 0.480 e. The summed E-state index contributed by atoms with van der Waals surface area (Å²) in [6.45, 7) is 3.38. The van der Waals surface area contributed by atoms with Crippen molar-refractivity contribution in [3.05, 3.63) is 71.9 Å². The van der Waals surface area contributed by atoms with Crippen LogP contribution in [0.4, 0.5) is 0 Å². The van der Waals surface area contributed by atoms with Crippen LogP contribution in [0.15, 0.2) is 60.8 Å². The number of likely N-dealkylation sites (tertiary alicyclic amines) is 1. The van der Waals surface area contributed by atoms with Crippen LogP contribution in [0.25, 0.3) is 10.9 Å². The van der Waals surface area contributed by atoms with Gasteiger partial charge in [0.05, 0.1) is 13.0 Å². The molecule has 0 radical (unpaired) electrons. The molecule has 2 aromatic carbocycles. The van der Waals surface area contributed by atoms with Gasteiger partial charge in [0.2, 0.25) is 41.4 Å². The SMILES string of the molecule is CC[C@H](C)[C@H](NC(=O)[C@H](Cc1ccccc1)NC(=O)[C@H](CC(N)=O)NC(=O)[C@@H]1CCCN1C(=O)[C@@H](N)CO)C(=O)N[C@@H](Cc1c[nH]c2ccccc12)C(=O)N[C@@H](CCCCN)C(=O)O. The van der Waals surface area contributed by atoms with E-state index in [4.69, 9.17) is 17.2 Å². The number of aromatic nitrogens is 1. The first-order valence-corrected chi connectivity index (χ1v) is 21.6. The Morgan fingerprint density at radius 1 is 0.812 bits per heavy atom. The summed E-state index contributed by atoms with van der Waals surface area (Å²) in [4.78, 5) is 112. The first-order chi connectivity index (χ1) is 30.6. The van der Waals surface area contributed by atoms with Crippen molar-refractivity contribution in [3.8, 4) is 0 Å². The molecule has 20 heteroatoms. The highest BCUT2D eigenvalue weighted by atomic mass is 16.4. The van der Waals surface area contributed by atoms with Crippen LogP contribution in [-0.2, 0) is 51.2 Å². The van der Waals surface area contributed by atoms with Crippen LogP contribution in [-0.4, -0.2) is 129 Å². The Kier molecular flexibility index (Phi) is 19.2. The number of carboxylic acids is 1. The molecule has 20 nitrogen and oxygen atoms in total. The van der Waals surface area contributed by atoms with Gasteiger partial charge in [-0.3, -0.25) is 33.6 Å². The fourth-order valence-corrected chi connectivity index (χ4v) is 7.57. The predicted molar refractivity (Wildman–Crippen MR) is 235 cm³/mol. The third-order valence-corrected chi connectivity index (χ3v) is 11.4. The second-order valence-corrected chi connectivity index (χ2v) is 16.1. The summed E-state index contributed by atoms with van der Waals surface area (Å²) < 4.78 is 0. The van der Waals surface area contributed by atoms with Gasteiger partial charge in [-0.05, 0) is 61.8 Å². The number of fused-ring (bicyclic) bond motifs is 1. The Morgan fingerprint density at radius 3 is 2.09 bits per heavy atom. The number of nitrogens with zero attached hydrogens (tertiary/aromatic N) is 1. The van der Waals surface area contributed by atoms with E-state index >= 15 is 0 Å². The average molecular weight is 891 g/mol. The van der Waals surface area contributed by atoms with Crippen LogP contribution in [0.1, 0.15) is 69.9 Å². The van der Waals surface area contributed by atoms with Crippen molar-refractivity contribution in [2.24, 2.45) is 23.1 Å². The number of hydrogen-bond acceptors (Lipinski definition) is 11. The van der Waals surface area contributed by atoms with Crippen molar-refractivity contribution in [2.45, 2.75) is 114 Å². The molecule has 8 atom stereocenters. The van der Waals surface area contributed by atoms with Gasteiger partial charge in [0, 0.05) is 36.5 Å². The average Bonchev–Trinajstić information content (AvgIpc) is 3.94. The molecule has 0 unspecified atom stereocenters. The number of H-pyrrole nitrogens is 1. The highest BCUT2D eigenvalue weighted by Gasteiger charge is 2.39. The summed E-state index contributed by atoms with van der Waals surface area (Å²) in [6.07, 6.45) is 3.01. The molecule has 0 aliphatic carbocycles. The zero-order valence-corrected chi connectivity index (χ0v) is 36.2. The maximum atomic E-state index is 14.4. The number of carbonyl (C=O) groups is 8. The van der Waals surface area contributed by atoms with Crippen LogP contribution in [0.2, 0.25) is 0 Å². The van der Waals surface area contributed by atoms with Gasteiger partial charge in [-0.1, -0.05) is 68.8 Å². The van der Waals surface area contributed by atoms with Crippen molar-refractivity contribution in [2.75, 3.05) is 19.7 Å². The topological polar surface area (TPSA) is 334 Å². The van der Waals surface area contributed by atoms with Gasteiger partial charge in [0.25, 0.3) is 0 Å². The lowest BCUT2D eigenvalue weighted by Crippen LogP contribution is -2.61. The fraction of sp³-hybridized carbons (Fsp3) is 0.500. The number of aromatic amines is 1. The van der Waals surface area contributed by atoms with Gasteiger partial charge >= 0.3 is 5.97 Å². The lowest BCUT2D eigenvalue weighted by molar-refractivity contribution is -0.142. The quantitative estimate of drug-likeness (QED) is 0.0448. The Morgan fingerprint density at radius 2 is 1.44 bits per heavy atom. The van der Waals surface area contributed by atoms with E-state index in [0.717, 1.165) is 10.9 Å². The van der Waals surface area contributed by atoms with E-state index in [2.05, 4.69) is 31.6 Å². The van der Waals surface area contributed by atoms with Crippen LogP contribution in [0, 0.1) is 5.92 Å². The molecule has 1 saturated heterocycles. The molecular formula is C44H62N10O10. The molecule has 348 valence electrons. The first kappa shape index (κ1) is 50.3. The van der Waals surface area contributed by atoms with Crippen LogP contribution < -0.4 is 43.8 Å². The Balaban J connectivity index is 1.60. The summed E-state index contributed by atoms with van der Waals surface area (Å²) in [5, 5.41) is 33.3. The third kappa shape index (κ3) is 14.1. The number of para-hydroxylation sites is 1. The van der Waals surface area contributed by atoms with Crippen molar-refractivity contribution in [3.63, 3.8) is 0 Å². The monoisotopic (exact) mass is 890 g/mol. The lowest BCUT2D eigenvalue weighted by atomic mass is 9.96. The number of amides is 7. The van der Waals surface area contributed by atoms with Crippen LogP contribution >= 0.6 is 0 Å². The number of benzene rings is 2. The van der Waals surface area contributed by atoms with E-state index in [1.54, 1.807) is 50.4 Å². The molecule has 0 spiro atoms. The molecule has 1 fully saturated rings. The van der Waals surface area contributed by atoms with Gasteiger partial charge < -0.3 is 63.9 Å². The van der Waals surface area contributed by atoms with Gasteiger partial charge in [-0.2, -0.15) is 0 Å². The molecule has 0 bridgehead atoms. The standard InChI is InChI=1S/C44H62N10O10/c1-3-25(2)37(42(61)52-33(21-27-23-48-30-15-8-7-14-28(27)30)38(57)49-31(44(63)64)16-9-10-18-45)53-40(59)32(20-26-12-5-4-6-13-26)50-39(58)34(22-36(47)56)51-41(60)35-17-11-19-54(35)43(62)29(46)24-55/h4-8,12-15,23,25,29,31-35,37,48,55H,3,9-11,16-22,24,45-46H2,1-2H3,(H2,47,56)(H,49,57)(H,50,58)(H,51,60)(H,52,61)(H,53,59)(H,63,64)/t25-,29-,31-,32-,33-,34-,35-,37-/m0/s1. The summed E-state index contributed by atoms with van der Waals surface area (Å²) in [7, 11) is 0. The van der Waals surface area contributed by atoms with E-state index in [-0.39, 0.29) is 32.2 Å². The van der Waals surface area contributed by atoms with Crippen molar-refractivity contribution in [1.29, 1.82) is 0 Å². The number of aliphatic hydroxyl groups is 1. The number of hydrogen-bond donors (Lipinski definition) is 11. The summed E-state index contributed by atoms with van der Waals surface area (Å²) in [5.74, 6) is -7.44. The van der Waals surface area contributed by atoms with E-state index in [9.17, 15) is 48.6 Å². The molecule has 3 aromatic rings. The van der Waals surface area contributed by atoms with Gasteiger partial charge in [0.1, 0.15) is 42.3 Å². The summed E-state index contributed by atoms with van der Waals surface area (Å²) in [6, 6.07) is 6.84. The molecule has 0 saturated carbocycles. The Labute approximate surface area is 371 Å². The zero-order valence-electron chi connectivity index (χ0n) is 36.2. The highest BCUT2D eigenvalue weighted by Crippen LogP contribution is 2.21. The minimum absolute atomic E-state index is 0.0431. The maximum absolute atomic E-state index is 14.4. The minimum Gasteiger partial charge on any atom is -0.480 e. The van der Waals surface area contributed by atoms with E-state index < -0.39 is 109 Å². The molecule has 7 amide bonds. The maximum Gasteiger partial charge on any atom is 0.326 e. The van der Waals surface area contributed by atoms with Gasteiger partial charge in [-0.25, -0.2) is 4.79 Å². The molecule has 2 heterocycles. The molecule has 1 aliphatic heterocycles. The smallest absolute Gasteiger partial charge is 0.326 e. The van der Waals surface area contributed by atoms with E-state index in [1.807, 2.05) is 24.3 Å². The number of aliphatic carboxylic acids is 1. The zero-order chi connectivity index (χ0) is 46.9. The molecule has 1 aliphatic rings. The van der Waals surface area contributed by atoms with Crippen molar-refractivity contribution in [1.82, 2.24) is 36.5 Å². The second-order valence-electron chi connectivity index (χ2n) is 16.1. The number of primary amides is 1. The number of rotatable bonds is 25. The van der Waals surface area contributed by atoms with Crippen molar-refractivity contribution < 1.29 is 48.6 Å². The second kappa shape index (κ2) is 24.5. The molecule has 1 aromatic heterocycles. The Hall–Kier alpha value is -6.38. The lowest BCUT2D eigenvalue weighted by Gasteiger charge is -2.30. The molecule has 14 N–H and O–H groups in total. The minimum atomic E-state index is -1.58. The summed E-state index contributed by atoms with van der Waals surface area (Å²) in [5.41, 5.74) is 18.9. The van der Waals surface area contributed by atoms with Gasteiger partial charge in [0.15, 0.2) is 0 Å². The fourth-order valence-electron chi connectivity index (χ4n) is 7.57. The first-order valence-electron chi connectivity index (χ1n) is 21.6. The highest BCUT2D eigenvalue weighted by molar-refractivity contribution is 5.99. The number of nitrogens with one attached hydrogen (secondary N) is 6. The molecule has 64 heavy (non-hydrogen) atoms. The number of aliphatic hydroxyl groups excluding tert-OH is 1. The molecular weight excluding hydrogens is 829 g/mol. The number of carboxylic acid groups (broad SMARTS) is 1. The van der Waals surface area contributed by atoms with E-state index in [1.165, 1.54) is 4.90 Å². The Bertz CT molecular complexity index is 2100. The third-order valence-electron chi connectivity index (χ3n) is 11.4. The normalized spacial score (nSPS) is 16.9. The van der Waals surface area contributed by atoms with Crippen molar-refractivity contribution >= 4 is 58.2 Å². The van der Waals surface area contributed by atoms with Gasteiger partial charge in [-0.15, -0.1) is 0 Å². The number of nitrogens with two attached hydrogens (primary N) is 3. The number of unbranched alkanes of at least 4 members (excludes halogenated alkanes) is 1.